The second-order valence-corrected chi connectivity index (χ2v) is 9.60. The van der Waals surface area contributed by atoms with Crippen molar-refractivity contribution in [1.29, 1.82) is 0 Å². The Morgan fingerprint density at radius 3 is 2.53 bits per heavy atom. The molecule has 0 saturated carbocycles. The van der Waals surface area contributed by atoms with Crippen molar-refractivity contribution < 1.29 is 4.74 Å². The van der Waals surface area contributed by atoms with Crippen LogP contribution in [0.4, 0.5) is 11.6 Å². The SMILES string of the molecule is COc1ccc(-n2c(N/N=C\c3ccc(N(C)C)cc3)nc3sc4c(c3c2=O)CCCC4)cc1. The third-order valence-corrected chi connectivity index (χ3v) is 7.29. The van der Waals surface area contributed by atoms with Gasteiger partial charge in [0.1, 0.15) is 10.6 Å². The highest BCUT2D eigenvalue weighted by molar-refractivity contribution is 7.18. The van der Waals surface area contributed by atoms with E-state index in [1.54, 1.807) is 29.2 Å². The van der Waals surface area contributed by atoms with Gasteiger partial charge in [-0.1, -0.05) is 12.1 Å². The molecule has 2 aromatic heterocycles. The second-order valence-electron chi connectivity index (χ2n) is 8.52. The molecule has 2 heterocycles. The molecule has 5 rings (SSSR count). The number of hydrogen-bond donors (Lipinski definition) is 1. The van der Waals surface area contributed by atoms with E-state index in [4.69, 9.17) is 9.72 Å². The Morgan fingerprint density at radius 2 is 1.82 bits per heavy atom. The van der Waals surface area contributed by atoms with Gasteiger partial charge in [0.05, 0.1) is 24.4 Å². The number of ether oxygens (including phenoxy) is 1. The topological polar surface area (TPSA) is 71.8 Å². The average Bonchev–Trinajstić information content (AvgIpc) is 3.23. The Balaban J connectivity index is 1.57. The highest BCUT2D eigenvalue weighted by Crippen LogP contribution is 2.34. The van der Waals surface area contributed by atoms with Crippen molar-refractivity contribution in [3.8, 4) is 11.4 Å². The van der Waals surface area contributed by atoms with Gasteiger partial charge in [-0.05, 0) is 73.2 Å². The summed E-state index contributed by atoms with van der Waals surface area (Å²) in [4.78, 5) is 22.7. The van der Waals surface area contributed by atoms with Gasteiger partial charge in [-0.25, -0.2) is 15.0 Å². The zero-order valence-electron chi connectivity index (χ0n) is 19.5. The molecule has 174 valence electrons. The fourth-order valence-corrected chi connectivity index (χ4v) is 5.53. The van der Waals surface area contributed by atoms with Crippen LogP contribution in [0.2, 0.25) is 0 Å². The molecule has 2 aromatic carbocycles. The molecule has 0 atom stereocenters. The van der Waals surface area contributed by atoms with Gasteiger partial charge in [-0.15, -0.1) is 11.3 Å². The Bertz CT molecular complexity index is 1400. The molecule has 0 fully saturated rings. The summed E-state index contributed by atoms with van der Waals surface area (Å²) in [6.07, 6.45) is 5.95. The molecular formula is C26H27N5O2S. The lowest BCUT2D eigenvalue weighted by molar-refractivity contribution is 0.414. The van der Waals surface area contributed by atoms with E-state index in [0.29, 0.717) is 11.6 Å². The van der Waals surface area contributed by atoms with Crippen molar-refractivity contribution in [2.75, 3.05) is 31.5 Å². The number of fused-ring (bicyclic) bond motifs is 3. The van der Waals surface area contributed by atoms with Crippen LogP contribution in [0, 0.1) is 0 Å². The number of nitrogens with zero attached hydrogens (tertiary/aromatic N) is 4. The summed E-state index contributed by atoms with van der Waals surface area (Å²) in [6, 6.07) is 15.5. The zero-order valence-corrected chi connectivity index (χ0v) is 20.4. The number of aromatic nitrogens is 2. The molecule has 0 aliphatic heterocycles. The van der Waals surface area contributed by atoms with E-state index >= 15 is 0 Å². The molecule has 1 aliphatic carbocycles. The molecule has 0 saturated heterocycles. The molecular weight excluding hydrogens is 446 g/mol. The molecule has 7 nitrogen and oxygen atoms in total. The summed E-state index contributed by atoms with van der Waals surface area (Å²) >= 11 is 1.63. The van der Waals surface area contributed by atoms with Crippen LogP contribution in [0.1, 0.15) is 28.8 Å². The lowest BCUT2D eigenvalue weighted by Crippen LogP contribution is -2.23. The van der Waals surface area contributed by atoms with Crippen LogP contribution in [0.5, 0.6) is 5.75 Å². The Hall–Kier alpha value is -3.65. The van der Waals surface area contributed by atoms with E-state index in [1.807, 2.05) is 67.5 Å². The van der Waals surface area contributed by atoms with Crippen LogP contribution in [-0.4, -0.2) is 37.0 Å². The summed E-state index contributed by atoms with van der Waals surface area (Å²) in [5.41, 5.74) is 6.91. The molecule has 4 aromatic rings. The van der Waals surface area contributed by atoms with E-state index in [1.165, 1.54) is 10.4 Å². The van der Waals surface area contributed by atoms with Crippen LogP contribution in [-0.2, 0) is 12.8 Å². The number of anilines is 2. The first-order chi connectivity index (χ1) is 16.5. The van der Waals surface area contributed by atoms with Gasteiger partial charge in [-0.3, -0.25) is 4.79 Å². The highest BCUT2D eigenvalue weighted by atomic mass is 32.1. The molecule has 0 unspecified atom stereocenters. The summed E-state index contributed by atoms with van der Waals surface area (Å²) in [7, 11) is 5.64. The quantitative estimate of drug-likeness (QED) is 0.320. The molecule has 34 heavy (non-hydrogen) atoms. The number of methoxy groups -OCH3 is 1. The number of rotatable bonds is 6. The summed E-state index contributed by atoms with van der Waals surface area (Å²) < 4.78 is 6.90. The lowest BCUT2D eigenvalue weighted by atomic mass is 9.97. The average molecular weight is 474 g/mol. The second kappa shape index (κ2) is 9.30. The van der Waals surface area contributed by atoms with Gasteiger partial charge in [0, 0.05) is 24.7 Å². The highest BCUT2D eigenvalue weighted by Gasteiger charge is 2.22. The van der Waals surface area contributed by atoms with Gasteiger partial charge >= 0.3 is 0 Å². The largest absolute Gasteiger partial charge is 0.497 e. The van der Waals surface area contributed by atoms with Crippen molar-refractivity contribution in [1.82, 2.24) is 9.55 Å². The van der Waals surface area contributed by atoms with Gasteiger partial charge in [0.2, 0.25) is 5.95 Å². The molecule has 1 N–H and O–H groups in total. The Kier molecular flexibility index (Phi) is 6.06. The minimum atomic E-state index is -0.0670. The van der Waals surface area contributed by atoms with Crippen molar-refractivity contribution in [3.05, 3.63) is 74.9 Å². The molecule has 0 bridgehead atoms. The summed E-state index contributed by atoms with van der Waals surface area (Å²) in [6.45, 7) is 0. The number of benzene rings is 2. The molecule has 1 aliphatic rings. The number of hydrazone groups is 1. The van der Waals surface area contributed by atoms with E-state index in [2.05, 4.69) is 10.5 Å². The molecule has 8 heteroatoms. The number of hydrogen-bond acceptors (Lipinski definition) is 7. The van der Waals surface area contributed by atoms with Crippen LogP contribution >= 0.6 is 11.3 Å². The van der Waals surface area contributed by atoms with E-state index < -0.39 is 0 Å². The maximum absolute atomic E-state index is 13.8. The predicted molar refractivity (Wildman–Crippen MR) is 140 cm³/mol. The van der Waals surface area contributed by atoms with Crippen LogP contribution < -0.4 is 20.6 Å². The van der Waals surface area contributed by atoms with Gasteiger partial charge in [0.25, 0.3) is 5.56 Å². The first kappa shape index (κ1) is 22.2. The van der Waals surface area contributed by atoms with Gasteiger partial charge < -0.3 is 9.64 Å². The van der Waals surface area contributed by atoms with Crippen LogP contribution in [0.3, 0.4) is 0 Å². The van der Waals surface area contributed by atoms with Crippen molar-refractivity contribution in [3.63, 3.8) is 0 Å². The molecule has 0 spiro atoms. The smallest absolute Gasteiger partial charge is 0.268 e. The third kappa shape index (κ3) is 4.17. The standard InChI is InChI=1S/C26H27N5O2S/c1-30(2)18-10-8-17(9-11-18)16-27-29-26-28-24-23(21-6-4-5-7-22(21)34-24)25(32)31(26)19-12-14-20(33-3)15-13-19/h8-16H,4-7H2,1-3H3,(H,28,29)/b27-16-. The number of aryl methyl sites for hydroxylation is 2. The fraction of sp³-hybridized carbons (Fsp3) is 0.269. The van der Waals surface area contributed by atoms with E-state index in [9.17, 15) is 4.79 Å². The fourth-order valence-electron chi connectivity index (χ4n) is 4.27. The van der Waals surface area contributed by atoms with Crippen molar-refractivity contribution >= 4 is 39.4 Å². The van der Waals surface area contributed by atoms with Crippen LogP contribution in [0.15, 0.2) is 58.4 Å². The van der Waals surface area contributed by atoms with E-state index in [-0.39, 0.29) is 5.56 Å². The normalized spacial score (nSPS) is 13.3. The lowest BCUT2D eigenvalue weighted by Gasteiger charge is -2.14. The number of nitrogens with one attached hydrogen (secondary N) is 1. The Labute approximate surface area is 202 Å². The van der Waals surface area contributed by atoms with Crippen LogP contribution in [0.25, 0.3) is 15.9 Å². The maximum atomic E-state index is 13.8. The third-order valence-electron chi connectivity index (χ3n) is 6.11. The minimum absolute atomic E-state index is 0.0670. The monoisotopic (exact) mass is 473 g/mol. The van der Waals surface area contributed by atoms with Crippen molar-refractivity contribution in [2.45, 2.75) is 25.7 Å². The first-order valence-corrected chi connectivity index (χ1v) is 12.1. The maximum Gasteiger partial charge on any atom is 0.268 e. The zero-order chi connectivity index (χ0) is 23.7. The summed E-state index contributed by atoms with van der Waals surface area (Å²) in [5.74, 6) is 1.12. The first-order valence-electron chi connectivity index (χ1n) is 11.3. The predicted octanol–water partition coefficient (Wildman–Crippen LogP) is 4.85. The van der Waals surface area contributed by atoms with Crippen molar-refractivity contribution in [2.24, 2.45) is 5.10 Å². The van der Waals surface area contributed by atoms with Gasteiger partial charge in [-0.2, -0.15) is 5.10 Å². The van der Waals surface area contributed by atoms with E-state index in [0.717, 1.165) is 52.9 Å². The van der Waals surface area contributed by atoms with Gasteiger partial charge in [0.15, 0.2) is 0 Å². The number of thiophene rings is 1. The minimum Gasteiger partial charge on any atom is -0.497 e. The summed E-state index contributed by atoms with van der Waals surface area (Å²) in [5, 5.41) is 5.15. The molecule has 0 radical (unpaired) electrons. The molecule has 0 amide bonds. The Morgan fingerprint density at radius 1 is 1.09 bits per heavy atom.